The summed E-state index contributed by atoms with van der Waals surface area (Å²) in [4.78, 5) is 0. The lowest BCUT2D eigenvalue weighted by Crippen LogP contribution is -2.29. The van der Waals surface area contributed by atoms with Crippen molar-refractivity contribution in [3.05, 3.63) is 97.1 Å². The maximum atomic E-state index is 14.4. The highest BCUT2D eigenvalue weighted by Gasteiger charge is 2.61. The van der Waals surface area contributed by atoms with E-state index in [0.717, 1.165) is 0 Å². The zero-order valence-corrected chi connectivity index (χ0v) is 19.6. The predicted octanol–water partition coefficient (Wildman–Crippen LogP) is 5.56. The first-order valence-corrected chi connectivity index (χ1v) is 16.0. The third kappa shape index (κ3) is 2.64. The second-order valence-corrected chi connectivity index (χ2v) is 18.5. The summed E-state index contributed by atoms with van der Waals surface area (Å²) in [5, 5.41) is -0.0299. The van der Waals surface area contributed by atoms with E-state index in [-0.39, 0.29) is 22.1 Å². The fraction of sp³-hybridized carbons (Fsp3) is 0. The van der Waals surface area contributed by atoms with Crippen LogP contribution in [0.4, 0.5) is 0 Å². The maximum absolute atomic E-state index is 14.4. The van der Waals surface area contributed by atoms with Crippen molar-refractivity contribution in [3.8, 4) is 33.8 Å². The van der Waals surface area contributed by atoms with Gasteiger partial charge in [-0.2, -0.15) is 0 Å². The van der Waals surface area contributed by atoms with Crippen molar-refractivity contribution in [2.45, 2.75) is 0 Å². The van der Waals surface area contributed by atoms with Crippen LogP contribution in [0.15, 0.2) is 97.1 Å². The van der Waals surface area contributed by atoms with Gasteiger partial charge in [-0.1, -0.05) is 72.8 Å². The van der Waals surface area contributed by atoms with Crippen LogP contribution >= 0.6 is 13.1 Å². The Morgan fingerprint density at radius 3 is 1.24 bits per heavy atom. The normalized spacial score (nSPS) is 22.5. The molecule has 33 heavy (non-hydrogen) atoms. The molecule has 2 atom stereocenters. The standard InChI is InChI=1S/C24H16O6P2S/c25-31(23-15-7-3-11-19(23)17-9-1-5-13-21(17)29-31)33(27,28)32(26)24-16-8-4-12-20(24)18-10-2-6-14-22(18)30-32/h1-16H. The van der Waals surface area contributed by atoms with Crippen molar-refractivity contribution < 1.29 is 26.6 Å². The van der Waals surface area contributed by atoms with E-state index < -0.39 is 22.2 Å². The Morgan fingerprint density at radius 1 is 0.485 bits per heavy atom. The highest BCUT2D eigenvalue weighted by atomic mass is 33.1. The Bertz CT molecular complexity index is 1540. The Labute approximate surface area is 190 Å². The van der Waals surface area contributed by atoms with Gasteiger partial charge in [0.25, 0.3) is 0 Å². The Morgan fingerprint density at radius 2 is 0.818 bits per heavy atom. The van der Waals surface area contributed by atoms with E-state index >= 15 is 0 Å². The van der Waals surface area contributed by atoms with Gasteiger partial charge in [-0.05, 0) is 24.3 Å². The summed E-state index contributed by atoms with van der Waals surface area (Å²) in [6, 6.07) is 26.4. The van der Waals surface area contributed by atoms with Crippen molar-refractivity contribution in [2.75, 3.05) is 0 Å². The molecule has 0 spiro atoms. The molecule has 2 heterocycles. The number of hydrogen-bond donors (Lipinski definition) is 0. The van der Waals surface area contributed by atoms with E-state index in [9.17, 15) is 17.5 Å². The molecule has 6 nitrogen and oxygen atoms in total. The smallest absolute Gasteiger partial charge is 0.400 e. The van der Waals surface area contributed by atoms with E-state index in [0.29, 0.717) is 22.3 Å². The molecule has 0 N–H and O–H groups in total. The lowest BCUT2D eigenvalue weighted by atomic mass is 10.0. The molecular weight excluding hydrogens is 478 g/mol. The van der Waals surface area contributed by atoms with E-state index in [1.165, 1.54) is 12.1 Å². The van der Waals surface area contributed by atoms with E-state index in [1.54, 1.807) is 84.9 Å². The van der Waals surface area contributed by atoms with Crippen LogP contribution in [0.2, 0.25) is 0 Å². The summed E-state index contributed by atoms with van der Waals surface area (Å²) in [5.41, 5.74) is 2.15. The van der Waals surface area contributed by atoms with Crippen LogP contribution in [0.5, 0.6) is 11.5 Å². The van der Waals surface area contributed by atoms with Gasteiger partial charge in [-0.25, -0.2) is 8.42 Å². The SMILES string of the molecule is O=P1(S(=O)(=O)P2(=O)Oc3ccccc3-c3ccccc32)Oc2ccccc2-c2ccccc21. The fourth-order valence-corrected chi connectivity index (χ4v) is 16.9. The van der Waals surface area contributed by atoms with Crippen molar-refractivity contribution in [2.24, 2.45) is 0 Å². The average molecular weight is 494 g/mol. The van der Waals surface area contributed by atoms with Crippen LogP contribution in [0.1, 0.15) is 0 Å². The van der Waals surface area contributed by atoms with Gasteiger partial charge in [0.05, 0.1) is 10.6 Å². The van der Waals surface area contributed by atoms with Crippen molar-refractivity contribution >= 4 is 32.8 Å². The molecule has 2 aliphatic rings. The molecule has 4 aromatic rings. The molecule has 2 aliphatic heterocycles. The lowest BCUT2D eigenvalue weighted by Gasteiger charge is -2.33. The largest absolute Gasteiger partial charge is 0.429 e. The topological polar surface area (TPSA) is 86.7 Å². The van der Waals surface area contributed by atoms with Crippen molar-refractivity contribution in [3.63, 3.8) is 0 Å². The number of hydrogen-bond acceptors (Lipinski definition) is 6. The molecule has 164 valence electrons. The minimum atomic E-state index is -5.03. The van der Waals surface area contributed by atoms with E-state index in [4.69, 9.17) is 9.05 Å². The van der Waals surface area contributed by atoms with Gasteiger partial charge >= 0.3 is 22.2 Å². The molecule has 9 heteroatoms. The van der Waals surface area contributed by atoms with Crippen LogP contribution in [-0.4, -0.2) is 8.42 Å². The summed E-state index contributed by atoms with van der Waals surface area (Å²) in [7, 11) is -5.03. The maximum Gasteiger partial charge on any atom is 0.400 e. The number of para-hydroxylation sites is 2. The summed E-state index contributed by atoms with van der Waals surface area (Å²) in [6.45, 7) is -9.51. The van der Waals surface area contributed by atoms with Crippen LogP contribution in [0, 0.1) is 0 Å². The Kier molecular flexibility index (Phi) is 4.31. The second-order valence-electron chi connectivity index (χ2n) is 7.65. The zero-order valence-electron chi connectivity index (χ0n) is 17.0. The quantitative estimate of drug-likeness (QED) is 0.339. The summed E-state index contributed by atoms with van der Waals surface area (Å²) in [5.74, 6) is 0.306. The van der Waals surface area contributed by atoms with Gasteiger partial charge in [0.1, 0.15) is 11.5 Å². The monoisotopic (exact) mass is 494 g/mol. The Balaban J connectivity index is 1.63. The molecule has 4 aromatic carbocycles. The number of benzene rings is 4. The highest BCUT2D eigenvalue weighted by Crippen LogP contribution is 2.73. The molecule has 0 aliphatic carbocycles. The van der Waals surface area contributed by atoms with Crippen LogP contribution in [0.25, 0.3) is 22.3 Å². The summed E-state index contributed by atoms with van der Waals surface area (Å²) < 4.78 is 68.6. The molecule has 0 fully saturated rings. The van der Waals surface area contributed by atoms with Crippen LogP contribution in [-0.2, 0) is 18.2 Å². The first kappa shape index (κ1) is 20.5. The van der Waals surface area contributed by atoms with Gasteiger partial charge in [0.15, 0.2) is 0 Å². The summed E-state index contributed by atoms with van der Waals surface area (Å²) in [6.07, 6.45) is 0. The van der Waals surface area contributed by atoms with Gasteiger partial charge in [0, 0.05) is 22.3 Å². The van der Waals surface area contributed by atoms with Crippen molar-refractivity contribution in [1.29, 1.82) is 0 Å². The molecule has 0 radical (unpaired) electrons. The first-order chi connectivity index (χ1) is 15.9. The summed E-state index contributed by atoms with van der Waals surface area (Å²) >= 11 is 0. The predicted molar refractivity (Wildman–Crippen MR) is 128 cm³/mol. The first-order valence-electron chi connectivity index (χ1n) is 10.1. The molecular formula is C24H16O6P2S. The number of fused-ring (bicyclic) bond motifs is 6. The second kappa shape index (κ2) is 6.94. The van der Waals surface area contributed by atoms with Crippen LogP contribution < -0.4 is 19.7 Å². The number of rotatable bonds is 2. The fourth-order valence-electron chi connectivity index (χ4n) is 4.26. The van der Waals surface area contributed by atoms with Gasteiger partial charge in [0.2, 0.25) is 0 Å². The third-order valence-electron chi connectivity index (χ3n) is 5.80. The molecule has 0 saturated heterocycles. The lowest BCUT2D eigenvalue weighted by molar-refractivity contribution is 0.491. The molecule has 2 unspecified atom stereocenters. The van der Waals surface area contributed by atoms with Gasteiger partial charge < -0.3 is 9.05 Å². The van der Waals surface area contributed by atoms with Gasteiger partial charge in [-0.3, -0.25) is 9.13 Å². The molecule has 0 aromatic heterocycles. The highest BCUT2D eigenvalue weighted by molar-refractivity contribution is 8.83. The van der Waals surface area contributed by atoms with Crippen LogP contribution in [0.3, 0.4) is 0 Å². The van der Waals surface area contributed by atoms with Gasteiger partial charge in [-0.15, -0.1) is 0 Å². The minimum Gasteiger partial charge on any atom is -0.429 e. The van der Waals surface area contributed by atoms with E-state index in [2.05, 4.69) is 0 Å². The molecule has 0 saturated carbocycles. The van der Waals surface area contributed by atoms with Crippen molar-refractivity contribution in [1.82, 2.24) is 0 Å². The van der Waals surface area contributed by atoms with E-state index in [1.807, 2.05) is 0 Å². The Hall–Kier alpha value is -3.11. The molecule has 0 bridgehead atoms. The molecule has 6 rings (SSSR count). The minimum absolute atomic E-state index is 0.0149. The zero-order chi connectivity index (χ0) is 22.8. The third-order valence-corrected chi connectivity index (χ3v) is 19.0. The average Bonchev–Trinajstić information content (AvgIpc) is 2.84. The molecule has 0 amide bonds.